The molecular weight excluding hydrogens is 466 g/mol. The number of hydrogen-bond acceptors (Lipinski definition) is 6. The molecule has 3 rings (SSSR count). The molecule has 0 spiro atoms. The molecule has 0 bridgehead atoms. The maximum atomic E-state index is 12.9. The van der Waals surface area contributed by atoms with Crippen molar-refractivity contribution in [2.45, 2.75) is 30.4 Å². The summed E-state index contributed by atoms with van der Waals surface area (Å²) >= 11 is 6.49. The number of amides is 1. The summed E-state index contributed by atoms with van der Waals surface area (Å²) in [4.78, 5) is 26.1. The van der Waals surface area contributed by atoms with Crippen LogP contribution in [0.25, 0.3) is 6.08 Å². The number of carboxylic acids is 1. The minimum atomic E-state index is -1.24. The number of aliphatic carboxylic acids is 1. The van der Waals surface area contributed by atoms with Gasteiger partial charge < -0.3 is 9.84 Å². The molecule has 1 unspecified atom stereocenters. The lowest BCUT2D eigenvalue weighted by molar-refractivity contribution is -0.137. The van der Waals surface area contributed by atoms with Crippen molar-refractivity contribution in [2.24, 2.45) is 0 Å². The van der Waals surface area contributed by atoms with Gasteiger partial charge in [-0.2, -0.15) is 0 Å². The van der Waals surface area contributed by atoms with E-state index in [0.29, 0.717) is 21.4 Å². The first-order valence-electron chi connectivity index (χ1n) is 9.87. The number of carbonyl (C=O) groups is 2. The van der Waals surface area contributed by atoms with Gasteiger partial charge in [-0.05, 0) is 49.2 Å². The Balaban J connectivity index is 1.78. The average Bonchev–Trinajstić information content (AvgIpc) is 3.01. The van der Waals surface area contributed by atoms with Crippen molar-refractivity contribution in [3.8, 4) is 5.75 Å². The first-order chi connectivity index (χ1) is 15.3. The Hall–Kier alpha value is -2.49. The van der Waals surface area contributed by atoms with E-state index in [2.05, 4.69) is 0 Å². The van der Waals surface area contributed by atoms with Crippen LogP contribution < -0.4 is 4.74 Å². The number of hydrogen-bond donors (Lipinski definition) is 1. The predicted molar refractivity (Wildman–Crippen MR) is 131 cm³/mol. The number of thiocarbonyl (C=S) groups is 1. The van der Waals surface area contributed by atoms with Crippen LogP contribution in [0, 0.1) is 6.92 Å². The highest BCUT2D eigenvalue weighted by Crippen LogP contribution is 2.33. The Labute approximate surface area is 199 Å². The molecule has 2 aromatic carbocycles. The van der Waals surface area contributed by atoms with Gasteiger partial charge in [0, 0.05) is 23.4 Å². The molecule has 0 saturated carbocycles. The number of carbonyl (C=O) groups excluding carboxylic acids is 1. The summed E-state index contributed by atoms with van der Waals surface area (Å²) in [6.07, 6.45) is 2.07. The summed E-state index contributed by atoms with van der Waals surface area (Å²) in [7, 11) is 0.322. The zero-order chi connectivity index (χ0) is 23.3. The van der Waals surface area contributed by atoms with Crippen LogP contribution in [-0.4, -0.2) is 44.1 Å². The molecule has 1 amide bonds. The second-order valence-corrected chi connectivity index (χ2v) is 10.3. The van der Waals surface area contributed by atoms with E-state index in [1.54, 1.807) is 19.3 Å². The molecule has 1 N–H and O–H groups in total. The Morgan fingerprint density at radius 3 is 2.62 bits per heavy atom. The van der Waals surface area contributed by atoms with Gasteiger partial charge in [-0.25, -0.2) is 0 Å². The molecule has 6 nitrogen and oxygen atoms in total. The standard InChI is InChI=1S/C23H23NO5S3/c1-15-5-8-18(9-6-15)32(28)14-17-12-16(7-10-19(17)29-2)13-20-22(27)24(23(30)31-20)11-3-4-21(25)26/h5-10,12-13H,3-4,11,14H2,1-2H3,(H,25,26)/b20-13-. The lowest BCUT2D eigenvalue weighted by atomic mass is 10.1. The summed E-state index contributed by atoms with van der Waals surface area (Å²) in [5.74, 6) is -0.223. The number of benzene rings is 2. The van der Waals surface area contributed by atoms with Crippen LogP contribution in [0.4, 0.5) is 0 Å². The highest BCUT2D eigenvalue weighted by atomic mass is 32.2. The third-order valence-corrected chi connectivity index (χ3v) is 7.57. The van der Waals surface area contributed by atoms with Crippen molar-refractivity contribution in [1.82, 2.24) is 4.90 Å². The van der Waals surface area contributed by atoms with Crippen LogP contribution in [0.2, 0.25) is 0 Å². The number of rotatable bonds is 9. The van der Waals surface area contributed by atoms with Crippen LogP contribution in [0.3, 0.4) is 0 Å². The second kappa shape index (κ2) is 10.9. The zero-order valence-corrected chi connectivity index (χ0v) is 20.1. The molecule has 0 radical (unpaired) electrons. The van der Waals surface area contributed by atoms with Gasteiger partial charge in [-0.15, -0.1) is 0 Å². The third kappa shape index (κ3) is 6.05. The van der Waals surface area contributed by atoms with E-state index in [9.17, 15) is 13.8 Å². The minimum absolute atomic E-state index is 0.0178. The fraction of sp³-hybridized carbons (Fsp3) is 0.261. The van der Waals surface area contributed by atoms with E-state index in [4.69, 9.17) is 22.1 Å². The average molecular weight is 490 g/mol. The topological polar surface area (TPSA) is 83.9 Å². The van der Waals surface area contributed by atoms with Crippen LogP contribution >= 0.6 is 24.0 Å². The fourth-order valence-electron chi connectivity index (χ4n) is 3.15. The van der Waals surface area contributed by atoms with Gasteiger partial charge in [-0.1, -0.05) is 47.7 Å². The highest BCUT2D eigenvalue weighted by molar-refractivity contribution is 8.26. The van der Waals surface area contributed by atoms with Crippen molar-refractivity contribution >= 4 is 57.1 Å². The van der Waals surface area contributed by atoms with Crippen LogP contribution in [0.5, 0.6) is 5.75 Å². The van der Waals surface area contributed by atoms with E-state index >= 15 is 0 Å². The quantitative estimate of drug-likeness (QED) is 0.413. The molecule has 1 aliphatic heterocycles. The first kappa shape index (κ1) is 24.2. The number of thioether (sulfide) groups is 1. The van der Waals surface area contributed by atoms with Gasteiger partial charge >= 0.3 is 5.97 Å². The molecule has 2 aromatic rings. The normalized spacial score (nSPS) is 15.9. The Kier molecular flexibility index (Phi) is 8.22. The number of nitrogens with zero attached hydrogens (tertiary/aromatic N) is 1. The van der Waals surface area contributed by atoms with E-state index in [-0.39, 0.29) is 24.6 Å². The highest BCUT2D eigenvalue weighted by Gasteiger charge is 2.31. The van der Waals surface area contributed by atoms with Gasteiger partial charge in [0.05, 0.1) is 28.6 Å². The number of ether oxygens (including phenoxy) is 1. The van der Waals surface area contributed by atoms with E-state index in [0.717, 1.165) is 21.6 Å². The number of aryl methyl sites for hydroxylation is 1. The van der Waals surface area contributed by atoms with Gasteiger partial charge in [0.25, 0.3) is 5.91 Å². The maximum absolute atomic E-state index is 12.9. The lowest BCUT2D eigenvalue weighted by Gasteiger charge is -2.13. The van der Waals surface area contributed by atoms with Crippen LogP contribution in [0.15, 0.2) is 52.3 Å². The van der Waals surface area contributed by atoms with Gasteiger partial charge in [-0.3, -0.25) is 18.7 Å². The third-order valence-electron chi connectivity index (χ3n) is 4.82. The molecule has 0 aliphatic carbocycles. The molecular formula is C23H23NO5S3. The smallest absolute Gasteiger partial charge is 0.303 e. The van der Waals surface area contributed by atoms with E-state index in [1.807, 2.05) is 43.3 Å². The van der Waals surface area contributed by atoms with Crippen molar-refractivity contribution in [3.63, 3.8) is 0 Å². The van der Waals surface area contributed by atoms with Gasteiger partial charge in [0.2, 0.25) is 0 Å². The number of methoxy groups -OCH3 is 1. The Morgan fingerprint density at radius 2 is 1.97 bits per heavy atom. The zero-order valence-electron chi connectivity index (χ0n) is 17.7. The first-order valence-corrected chi connectivity index (χ1v) is 12.4. The Morgan fingerprint density at radius 1 is 1.25 bits per heavy atom. The van der Waals surface area contributed by atoms with Crippen molar-refractivity contribution in [3.05, 3.63) is 64.1 Å². The number of carboxylic acid groups (broad SMARTS) is 1. The van der Waals surface area contributed by atoms with E-state index in [1.165, 1.54) is 16.7 Å². The van der Waals surface area contributed by atoms with Crippen molar-refractivity contribution in [2.75, 3.05) is 13.7 Å². The molecule has 32 heavy (non-hydrogen) atoms. The molecule has 1 atom stereocenters. The summed E-state index contributed by atoms with van der Waals surface area (Å²) in [5.41, 5.74) is 2.65. The molecule has 1 heterocycles. The van der Waals surface area contributed by atoms with Gasteiger partial charge in [0.15, 0.2) is 0 Å². The second-order valence-electron chi connectivity index (χ2n) is 7.20. The summed E-state index contributed by atoms with van der Waals surface area (Å²) < 4.78 is 18.7. The molecule has 9 heteroatoms. The van der Waals surface area contributed by atoms with Crippen LogP contribution in [-0.2, 0) is 26.1 Å². The monoisotopic (exact) mass is 489 g/mol. The minimum Gasteiger partial charge on any atom is -0.496 e. The molecule has 1 aliphatic rings. The fourth-order valence-corrected chi connectivity index (χ4v) is 5.57. The largest absolute Gasteiger partial charge is 0.496 e. The molecule has 1 fully saturated rings. The summed E-state index contributed by atoms with van der Waals surface area (Å²) in [6, 6.07) is 13.1. The lowest BCUT2D eigenvalue weighted by Crippen LogP contribution is -2.29. The Bertz CT molecular complexity index is 1100. The molecule has 1 saturated heterocycles. The summed E-state index contributed by atoms with van der Waals surface area (Å²) in [6.45, 7) is 2.26. The summed E-state index contributed by atoms with van der Waals surface area (Å²) in [5, 5.41) is 8.80. The SMILES string of the molecule is COc1ccc(/C=C2\SC(=S)N(CCCC(=O)O)C2=O)cc1CS(=O)c1ccc(C)cc1. The van der Waals surface area contributed by atoms with Crippen LogP contribution in [0.1, 0.15) is 29.5 Å². The van der Waals surface area contributed by atoms with Crippen molar-refractivity contribution < 1.29 is 23.6 Å². The van der Waals surface area contributed by atoms with E-state index < -0.39 is 16.8 Å². The van der Waals surface area contributed by atoms with Gasteiger partial charge in [0.1, 0.15) is 10.1 Å². The molecule has 0 aromatic heterocycles. The van der Waals surface area contributed by atoms with Crippen molar-refractivity contribution in [1.29, 1.82) is 0 Å². The molecule has 168 valence electrons. The maximum Gasteiger partial charge on any atom is 0.303 e. The predicted octanol–water partition coefficient (Wildman–Crippen LogP) is 4.38.